The van der Waals surface area contributed by atoms with Gasteiger partial charge in [0.25, 0.3) is 0 Å². The van der Waals surface area contributed by atoms with E-state index in [0.29, 0.717) is 0 Å². The van der Waals surface area contributed by atoms with Gasteiger partial charge in [-0.25, -0.2) is 0 Å². The Labute approximate surface area is 94.4 Å². The van der Waals surface area contributed by atoms with Crippen molar-refractivity contribution in [2.24, 2.45) is 0 Å². The van der Waals surface area contributed by atoms with Crippen molar-refractivity contribution in [1.29, 1.82) is 0 Å². The Morgan fingerprint density at radius 3 is 2.81 bits per heavy atom. The lowest BCUT2D eigenvalue weighted by Gasteiger charge is -2.14. The number of anilines is 1. The summed E-state index contributed by atoms with van der Waals surface area (Å²) in [6.07, 6.45) is 1.77. The average Bonchev–Trinajstić information content (AvgIpc) is 2.17. The zero-order valence-electron chi connectivity index (χ0n) is 9.47. The first kappa shape index (κ1) is 12.3. The number of rotatable bonds is 5. The summed E-state index contributed by atoms with van der Waals surface area (Å²) in [7, 11) is 0. The van der Waals surface area contributed by atoms with E-state index < -0.39 is 4.92 Å². The molecule has 0 spiro atoms. The van der Waals surface area contributed by atoms with E-state index in [1.54, 1.807) is 12.1 Å². The maximum Gasteiger partial charge on any atom is 0.333 e. The maximum absolute atomic E-state index is 10.8. The normalized spacial score (nSPS) is 12.1. The van der Waals surface area contributed by atoms with E-state index in [9.17, 15) is 10.1 Å². The van der Waals surface area contributed by atoms with E-state index in [0.717, 1.165) is 12.8 Å². The first-order valence-corrected chi connectivity index (χ1v) is 5.25. The lowest BCUT2D eigenvalue weighted by atomic mass is 10.2. The van der Waals surface area contributed by atoms with Gasteiger partial charge >= 0.3 is 5.69 Å². The monoisotopic (exact) mass is 224 g/mol. The van der Waals surface area contributed by atoms with Crippen LogP contribution < -0.4 is 10.5 Å². The number of nitrogens with two attached hydrogens (primary N) is 1. The van der Waals surface area contributed by atoms with Crippen LogP contribution in [-0.4, -0.2) is 11.0 Å². The highest BCUT2D eigenvalue weighted by atomic mass is 16.6. The van der Waals surface area contributed by atoms with Crippen molar-refractivity contribution in [2.75, 3.05) is 5.73 Å². The lowest BCUT2D eigenvalue weighted by molar-refractivity contribution is -0.385. The molecule has 0 amide bonds. The van der Waals surface area contributed by atoms with Crippen molar-refractivity contribution in [3.05, 3.63) is 28.3 Å². The molecule has 88 valence electrons. The molecule has 0 aliphatic rings. The van der Waals surface area contributed by atoms with E-state index in [1.165, 1.54) is 6.07 Å². The predicted octanol–water partition coefficient (Wildman–Crippen LogP) is 2.74. The quantitative estimate of drug-likeness (QED) is 0.474. The topological polar surface area (TPSA) is 78.4 Å². The van der Waals surface area contributed by atoms with Crippen LogP contribution in [0.4, 0.5) is 11.4 Å². The first-order valence-electron chi connectivity index (χ1n) is 5.25. The molecule has 1 aromatic carbocycles. The fourth-order valence-electron chi connectivity index (χ4n) is 1.51. The fraction of sp³-hybridized carbons (Fsp3) is 0.455. The number of nitrogens with zero attached hydrogens (tertiary/aromatic N) is 1. The van der Waals surface area contributed by atoms with Gasteiger partial charge in [-0.05, 0) is 25.5 Å². The summed E-state index contributed by atoms with van der Waals surface area (Å²) in [5, 5.41) is 10.8. The molecule has 1 aromatic rings. The molecule has 0 saturated carbocycles. The molecule has 1 unspecified atom stereocenters. The predicted molar refractivity (Wildman–Crippen MR) is 62.5 cm³/mol. The van der Waals surface area contributed by atoms with Crippen molar-refractivity contribution in [3.63, 3.8) is 0 Å². The van der Waals surface area contributed by atoms with Gasteiger partial charge in [0.2, 0.25) is 0 Å². The van der Waals surface area contributed by atoms with Crippen molar-refractivity contribution < 1.29 is 9.66 Å². The highest BCUT2D eigenvalue weighted by molar-refractivity contribution is 5.65. The molecular formula is C11H16N2O3. The summed E-state index contributed by atoms with van der Waals surface area (Å²) in [6, 6.07) is 4.71. The number of hydrogen-bond donors (Lipinski definition) is 1. The summed E-state index contributed by atoms with van der Waals surface area (Å²) in [4.78, 5) is 10.3. The third-order valence-electron chi connectivity index (χ3n) is 2.24. The molecule has 0 radical (unpaired) electrons. The molecule has 0 saturated heterocycles. The van der Waals surface area contributed by atoms with Gasteiger partial charge in [-0.15, -0.1) is 0 Å². The molecule has 1 rings (SSSR count). The van der Waals surface area contributed by atoms with Crippen LogP contribution in [-0.2, 0) is 0 Å². The van der Waals surface area contributed by atoms with E-state index in [1.807, 2.05) is 13.8 Å². The summed E-state index contributed by atoms with van der Waals surface area (Å²) < 4.78 is 5.51. The molecule has 0 aliphatic heterocycles. The summed E-state index contributed by atoms with van der Waals surface area (Å²) in [6.45, 7) is 3.92. The SMILES string of the molecule is CCCC(C)Oc1cccc(N)c1[N+](=O)[O-]. The number of ether oxygens (including phenoxy) is 1. The Kier molecular flexibility index (Phi) is 4.10. The van der Waals surface area contributed by atoms with Crippen LogP contribution in [0.1, 0.15) is 26.7 Å². The van der Waals surface area contributed by atoms with Gasteiger partial charge in [0.05, 0.1) is 11.0 Å². The van der Waals surface area contributed by atoms with Crippen LogP contribution in [0.3, 0.4) is 0 Å². The van der Waals surface area contributed by atoms with Gasteiger partial charge in [0.15, 0.2) is 5.75 Å². The number of nitro benzene ring substituents is 1. The Bertz CT molecular complexity index is 379. The zero-order valence-corrected chi connectivity index (χ0v) is 9.47. The van der Waals surface area contributed by atoms with E-state index in [-0.39, 0.29) is 23.2 Å². The van der Waals surface area contributed by atoms with Crippen molar-refractivity contribution >= 4 is 11.4 Å². The lowest BCUT2D eigenvalue weighted by Crippen LogP contribution is -2.12. The summed E-state index contributed by atoms with van der Waals surface area (Å²) >= 11 is 0. The number of hydrogen-bond acceptors (Lipinski definition) is 4. The molecule has 0 heterocycles. The molecule has 5 heteroatoms. The minimum absolute atomic E-state index is 0.0505. The van der Waals surface area contributed by atoms with Gasteiger partial charge in [-0.2, -0.15) is 0 Å². The Balaban J connectivity index is 2.95. The molecule has 1 atom stereocenters. The van der Waals surface area contributed by atoms with Gasteiger partial charge in [-0.3, -0.25) is 10.1 Å². The van der Waals surface area contributed by atoms with E-state index in [4.69, 9.17) is 10.5 Å². The van der Waals surface area contributed by atoms with Gasteiger partial charge in [0, 0.05) is 0 Å². The molecule has 0 aromatic heterocycles. The van der Waals surface area contributed by atoms with Crippen LogP contribution in [0.2, 0.25) is 0 Å². The first-order chi connectivity index (χ1) is 7.56. The number of benzene rings is 1. The highest BCUT2D eigenvalue weighted by Crippen LogP contribution is 2.33. The van der Waals surface area contributed by atoms with Crippen molar-refractivity contribution in [3.8, 4) is 5.75 Å². The van der Waals surface area contributed by atoms with Crippen LogP contribution in [0.25, 0.3) is 0 Å². The Morgan fingerprint density at radius 1 is 1.56 bits per heavy atom. The molecule has 0 aliphatic carbocycles. The third-order valence-corrected chi connectivity index (χ3v) is 2.24. The average molecular weight is 224 g/mol. The van der Waals surface area contributed by atoms with Gasteiger partial charge in [0.1, 0.15) is 5.69 Å². The van der Waals surface area contributed by atoms with Gasteiger partial charge in [-0.1, -0.05) is 19.4 Å². The summed E-state index contributed by atoms with van der Waals surface area (Å²) in [5.74, 6) is 0.242. The maximum atomic E-state index is 10.8. The summed E-state index contributed by atoms with van der Waals surface area (Å²) in [5.41, 5.74) is 5.53. The van der Waals surface area contributed by atoms with Crippen LogP contribution in [0.15, 0.2) is 18.2 Å². The number of para-hydroxylation sites is 1. The molecule has 16 heavy (non-hydrogen) atoms. The molecular weight excluding hydrogens is 208 g/mol. The van der Waals surface area contributed by atoms with E-state index >= 15 is 0 Å². The smallest absolute Gasteiger partial charge is 0.333 e. The van der Waals surface area contributed by atoms with Crippen molar-refractivity contribution in [1.82, 2.24) is 0 Å². The van der Waals surface area contributed by atoms with E-state index in [2.05, 4.69) is 0 Å². The standard InChI is InChI=1S/C11H16N2O3/c1-3-5-8(2)16-10-7-4-6-9(12)11(10)13(14)15/h4,6-8H,3,5,12H2,1-2H3. The minimum Gasteiger partial charge on any atom is -0.484 e. The molecule has 2 N–H and O–H groups in total. The van der Waals surface area contributed by atoms with Crippen LogP contribution in [0, 0.1) is 10.1 Å². The second kappa shape index (κ2) is 5.34. The van der Waals surface area contributed by atoms with Crippen LogP contribution in [0.5, 0.6) is 5.75 Å². The molecule has 0 bridgehead atoms. The van der Waals surface area contributed by atoms with Crippen molar-refractivity contribution in [2.45, 2.75) is 32.8 Å². The van der Waals surface area contributed by atoms with Gasteiger partial charge < -0.3 is 10.5 Å². The molecule has 5 nitrogen and oxygen atoms in total. The Hall–Kier alpha value is -1.78. The largest absolute Gasteiger partial charge is 0.484 e. The zero-order chi connectivity index (χ0) is 12.1. The number of nitrogen functional groups attached to an aromatic ring is 1. The second-order valence-electron chi connectivity index (χ2n) is 3.67. The minimum atomic E-state index is -0.511. The fourth-order valence-corrected chi connectivity index (χ4v) is 1.51. The number of nitro groups is 1. The Morgan fingerprint density at radius 2 is 2.25 bits per heavy atom. The molecule has 0 fully saturated rings. The second-order valence-corrected chi connectivity index (χ2v) is 3.67. The van der Waals surface area contributed by atoms with Crippen LogP contribution >= 0.6 is 0 Å². The third kappa shape index (κ3) is 2.85. The highest BCUT2D eigenvalue weighted by Gasteiger charge is 2.20.